The highest BCUT2D eigenvalue weighted by Gasteiger charge is 2.12. The van der Waals surface area contributed by atoms with Crippen molar-refractivity contribution in [2.75, 3.05) is 25.0 Å². The van der Waals surface area contributed by atoms with Gasteiger partial charge >= 0.3 is 0 Å². The van der Waals surface area contributed by atoms with Gasteiger partial charge in [0.15, 0.2) is 0 Å². The lowest BCUT2D eigenvalue weighted by Crippen LogP contribution is -2.33. The standard InChI is InChI=1S/C14H19BrN2O/c15-12-5-7-13(8-6-12)16-14(18)11-17-9-3-1-2-4-10-17/h5-8H,1-4,9-11H2,(H,16,18). The van der Waals surface area contributed by atoms with Crippen LogP contribution in [0.5, 0.6) is 0 Å². The Hall–Kier alpha value is -0.870. The second-order valence-corrected chi connectivity index (χ2v) is 5.66. The molecule has 1 N–H and O–H groups in total. The number of carbonyl (C=O) groups is 1. The van der Waals surface area contributed by atoms with Gasteiger partial charge in [0.2, 0.25) is 5.91 Å². The van der Waals surface area contributed by atoms with Gasteiger partial charge in [0.25, 0.3) is 0 Å². The lowest BCUT2D eigenvalue weighted by Gasteiger charge is -2.18. The molecule has 18 heavy (non-hydrogen) atoms. The van der Waals surface area contributed by atoms with Crippen LogP contribution < -0.4 is 5.32 Å². The normalized spacial score (nSPS) is 17.2. The molecule has 0 unspecified atom stereocenters. The molecule has 0 atom stereocenters. The fourth-order valence-electron chi connectivity index (χ4n) is 2.23. The molecule has 0 bridgehead atoms. The van der Waals surface area contributed by atoms with E-state index in [1.165, 1.54) is 25.7 Å². The largest absolute Gasteiger partial charge is 0.325 e. The molecule has 1 amide bonds. The Kier molecular flexibility index (Phi) is 5.20. The maximum atomic E-state index is 11.9. The van der Waals surface area contributed by atoms with E-state index in [0.717, 1.165) is 23.2 Å². The molecule has 2 rings (SSSR count). The van der Waals surface area contributed by atoms with E-state index in [-0.39, 0.29) is 5.91 Å². The maximum absolute atomic E-state index is 11.9. The highest BCUT2D eigenvalue weighted by atomic mass is 79.9. The molecule has 1 aromatic rings. The van der Waals surface area contributed by atoms with Crippen molar-refractivity contribution in [2.45, 2.75) is 25.7 Å². The molecule has 1 aliphatic rings. The van der Waals surface area contributed by atoms with Crippen molar-refractivity contribution in [3.63, 3.8) is 0 Å². The number of benzene rings is 1. The summed E-state index contributed by atoms with van der Waals surface area (Å²) in [7, 11) is 0. The summed E-state index contributed by atoms with van der Waals surface area (Å²) in [5, 5.41) is 2.94. The van der Waals surface area contributed by atoms with Gasteiger partial charge in [-0.3, -0.25) is 9.69 Å². The molecule has 4 heteroatoms. The Morgan fingerprint density at radius 3 is 2.33 bits per heavy atom. The minimum atomic E-state index is 0.0826. The number of nitrogens with one attached hydrogen (secondary N) is 1. The highest BCUT2D eigenvalue weighted by molar-refractivity contribution is 9.10. The molecule has 1 aliphatic heterocycles. The van der Waals surface area contributed by atoms with Gasteiger partial charge in [-0.05, 0) is 50.2 Å². The molecule has 3 nitrogen and oxygen atoms in total. The minimum absolute atomic E-state index is 0.0826. The molecule has 0 radical (unpaired) electrons. The van der Waals surface area contributed by atoms with Gasteiger partial charge < -0.3 is 5.32 Å². The zero-order chi connectivity index (χ0) is 12.8. The lowest BCUT2D eigenvalue weighted by molar-refractivity contribution is -0.117. The Morgan fingerprint density at radius 2 is 1.72 bits per heavy atom. The van der Waals surface area contributed by atoms with Crippen molar-refractivity contribution < 1.29 is 4.79 Å². The van der Waals surface area contributed by atoms with Crippen LogP contribution in [0.25, 0.3) is 0 Å². The third-order valence-electron chi connectivity index (χ3n) is 3.19. The third kappa shape index (κ3) is 4.42. The van der Waals surface area contributed by atoms with E-state index in [1.54, 1.807) is 0 Å². The summed E-state index contributed by atoms with van der Waals surface area (Å²) in [4.78, 5) is 14.2. The van der Waals surface area contributed by atoms with Gasteiger partial charge in [-0.2, -0.15) is 0 Å². The average Bonchev–Trinajstić information content (AvgIpc) is 2.61. The number of nitrogens with zero attached hydrogens (tertiary/aromatic N) is 1. The summed E-state index contributed by atoms with van der Waals surface area (Å²) in [5.41, 5.74) is 0.859. The molecule has 0 aliphatic carbocycles. The Balaban J connectivity index is 1.82. The number of hydrogen-bond donors (Lipinski definition) is 1. The molecule has 0 spiro atoms. The summed E-state index contributed by atoms with van der Waals surface area (Å²) in [6, 6.07) is 7.68. The van der Waals surface area contributed by atoms with E-state index >= 15 is 0 Å². The van der Waals surface area contributed by atoms with E-state index in [1.807, 2.05) is 24.3 Å². The Morgan fingerprint density at radius 1 is 1.11 bits per heavy atom. The first-order valence-electron chi connectivity index (χ1n) is 6.52. The Labute approximate surface area is 117 Å². The van der Waals surface area contributed by atoms with E-state index in [2.05, 4.69) is 26.1 Å². The summed E-state index contributed by atoms with van der Waals surface area (Å²) in [6.45, 7) is 2.61. The van der Waals surface area contributed by atoms with Crippen molar-refractivity contribution in [3.8, 4) is 0 Å². The van der Waals surface area contributed by atoms with Crippen molar-refractivity contribution in [2.24, 2.45) is 0 Å². The predicted octanol–water partition coefficient (Wildman–Crippen LogP) is 3.26. The minimum Gasteiger partial charge on any atom is -0.325 e. The zero-order valence-corrected chi connectivity index (χ0v) is 12.1. The molecular weight excluding hydrogens is 292 g/mol. The summed E-state index contributed by atoms with van der Waals surface area (Å²) in [6.07, 6.45) is 5.02. The second kappa shape index (κ2) is 6.90. The number of rotatable bonds is 3. The quantitative estimate of drug-likeness (QED) is 0.929. The van der Waals surface area contributed by atoms with Gasteiger partial charge in [-0.15, -0.1) is 0 Å². The molecule has 0 aromatic heterocycles. The molecular formula is C14H19BrN2O. The maximum Gasteiger partial charge on any atom is 0.238 e. The van der Waals surface area contributed by atoms with Gasteiger partial charge in [0.1, 0.15) is 0 Å². The highest BCUT2D eigenvalue weighted by Crippen LogP contribution is 2.14. The second-order valence-electron chi connectivity index (χ2n) is 4.75. The van der Waals surface area contributed by atoms with Crippen LogP contribution in [0.4, 0.5) is 5.69 Å². The SMILES string of the molecule is O=C(CN1CCCCCC1)Nc1ccc(Br)cc1. The Bertz CT molecular complexity index is 383. The van der Waals surface area contributed by atoms with Gasteiger partial charge in [-0.1, -0.05) is 28.8 Å². The first-order valence-corrected chi connectivity index (χ1v) is 7.31. The van der Waals surface area contributed by atoms with Crippen LogP contribution in [0.2, 0.25) is 0 Å². The molecule has 1 aromatic carbocycles. The fraction of sp³-hybridized carbons (Fsp3) is 0.500. The van der Waals surface area contributed by atoms with Crippen LogP contribution >= 0.6 is 15.9 Å². The van der Waals surface area contributed by atoms with Gasteiger partial charge in [-0.25, -0.2) is 0 Å². The summed E-state index contributed by atoms with van der Waals surface area (Å²) >= 11 is 3.38. The predicted molar refractivity (Wildman–Crippen MR) is 77.7 cm³/mol. The number of halogens is 1. The van der Waals surface area contributed by atoms with Crippen LogP contribution in [0.3, 0.4) is 0 Å². The van der Waals surface area contributed by atoms with Crippen LogP contribution in [-0.4, -0.2) is 30.4 Å². The first kappa shape index (κ1) is 13.6. The van der Waals surface area contributed by atoms with Crippen molar-refractivity contribution in [1.82, 2.24) is 4.90 Å². The van der Waals surface area contributed by atoms with Crippen LogP contribution in [-0.2, 0) is 4.79 Å². The van der Waals surface area contributed by atoms with E-state index < -0.39 is 0 Å². The monoisotopic (exact) mass is 310 g/mol. The average molecular weight is 311 g/mol. The summed E-state index contributed by atoms with van der Waals surface area (Å²) < 4.78 is 1.02. The van der Waals surface area contributed by atoms with Crippen molar-refractivity contribution in [1.29, 1.82) is 0 Å². The van der Waals surface area contributed by atoms with E-state index in [0.29, 0.717) is 6.54 Å². The molecule has 98 valence electrons. The van der Waals surface area contributed by atoms with Gasteiger partial charge in [0.05, 0.1) is 6.54 Å². The van der Waals surface area contributed by atoms with Crippen molar-refractivity contribution >= 4 is 27.5 Å². The van der Waals surface area contributed by atoms with E-state index in [9.17, 15) is 4.79 Å². The first-order chi connectivity index (χ1) is 8.74. The van der Waals surface area contributed by atoms with E-state index in [4.69, 9.17) is 0 Å². The van der Waals surface area contributed by atoms with Crippen LogP contribution in [0.15, 0.2) is 28.7 Å². The lowest BCUT2D eigenvalue weighted by atomic mass is 10.2. The number of amides is 1. The third-order valence-corrected chi connectivity index (χ3v) is 3.72. The molecule has 0 saturated carbocycles. The van der Waals surface area contributed by atoms with Gasteiger partial charge in [0, 0.05) is 10.2 Å². The van der Waals surface area contributed by atoms with Crippen LogP contribution in [0, 0.1) is 0 Å². The number of carbonyl (C=O) groups excluding carboxylic acids is 1. The number of anilines is 1. The van der Waals surface area contributed by atoms with Crippen LogP contribution in [0.1, 0.15) is 25.7 Å². The van der Waals surface area contributed by atoms with Crippen molar-refractivity contribution in [3.05, 3.63) is 28.7 Å². The topological polar surface area (TPSA) is 32.3 Å². The molecule has 1 heterocycles. The number of likely N-dealkylation sites (tertiary alicyclic amines) is 1. The number of hydrogen-bond acceptors (Lipinski definition) is 2. The smallest absolute Gasteiger partial charge is 0.238 e. The zero-order valence-electron chi connectivity index (χ0n) is 10.5. The molecule has 1 saturated heterocycles. The molecule has 1 fully saturated rings. The summed E-state index contributed by atoms with van der Waals surface area (Å²) in [5.74, 6) is 0.0826. The fourth-order valence-corrected chi connectivity index (χ4v) is 2.50.